The molecule has 0 saturated carbocycles. The van der Waals surface area contributed by atoms with E-state index in [1.165, 1.54) is 0 Å². The third-order valence-electron chi connectivity index (χ3n) is 5.87. The number of nitrogens with zero attached hydrogens (tertiary/aromatic N) is 1. The number of fused-ring (bicyclic) bond motifs is 1. The highest BCUT2D eigenvalue weighted by atomic mass is 16.6. The molecule has 3 aliphatic rings. The fourth-order valence-corrected chi connectivity index (χ4v) is 4.26. The Hall–Kier alpha value is -1.26. The average molecular weight is 399 g/mol. The number of nitrogens with one attached hydrogen (secondary N) is 2. The molecule has 3 rings (SSSR count). The van der Waals surface area contributed by atoms with E-state index in [0.29, 0.717) is 32.2 Å². The van der Waals surface area contributed by atoms with Gasteiger partial charge in [0.15, 0.2) is 0 Å². The monoisotopic (exact) mass is 399 g/mol. The number of rotatable bonds is 8. The number of hydrogen-bond donors (Lipinski definition) is 3. The van der Waals surface area contributed by atoms with Gasteiger partial charge in [-0.25, -0.2) is 0 Å². The van der Waals surface area contributed by atoms with Crippen molar-refractivity contribution >= 4 is 11.8 Å². The van der Waals surface area contributed by atoms with Crippen molar-refractivity contribution in [2.45, 2.75) is 69.2 Å². The van der Waals surface area contributed by atoms with Crippen molar-refractivity contribution in [3.8, 4) is 0 Å². The number of aliphatic hydroxyl groups excluding tert-OH is 1. The van der Waals surface area contributed by atoms with Crippen molar-refractivity contribution in [3.63, 3.8) is 0 Å². The number of aliphatic hydroxyl groups is 1. The van der Waals surface area contributed by atoms with Crippen molar-refractivity contribution < 1.29 is 28.9 Å². The molecule has 3 heterocycles. The Morgan fingerprint density at radius 2 is 2.00 bits per heavy atom. The number of carbonyl (C=O) groups is 2. The van der Waals surface area contributed by atoms with Gasteiger partial charge in [-0.05, 0) is 12.8 Å². The van der Waals surface area contributed by atoms with E-state index in [1.54, 1.807) is 14.0 Å². The van der Waals surface area contributed by atoms with Crippen LogP contribution in [0, 0.1) is 0 Å². The van der Waals surface area contributed by atoms with E-state index in [-0.39, 0.29) is 42.7 Å². The summed E-state index contributed by atoms with van der Waals surface area (Å²) in [6.45, 7) is 4.66. The Labute approximate surface area is 166 Å². The summed E-state index contributed by atoms with van der Waals surface area (Å²) in [6.07, 6.45) is 0.932. The molecule has 2 amide bonds. The van der Waals surface area contributed by atoms with E-state index in [4.69, 9.17) is 14.2 Å². The minimum atomic E-state index is -0.698. The summed E-state index contributed by atoms with van der Waals surface area (Å²) in [7, 11) is 1.59. The number of hydrogen-bond acceptors (Lipinski definition) is 7. The Kier molecular flexibility index (Phi) is 7.64. The quantitative estimate of drug-likeness (QED) is 0.450. The van der Waals surface area contributed by atoms with Crippen molar-refractivity contribution in [2.24, 2.45) is 0 Å². The summed E-state index contributed by atoms with van der Waals surface area (Å²) >= 11 is 0. The van der Waals surface area contributed by atoms with Crippen LogP contribution in [0.4, 0.5) is 0 Å². The molecule has 5 unspecified atom stereocenters. The molecule has 0 spiro atoms. The molecule has 28 heavy (non-hydrogen) atoms. The molecule has 0 bridgehead atoms. The maximum Gasteiger partial charge on any atom is 0.222 e. The second-order valence-electron chi connectivity index (χ2n) is 7.90. The number of carbonyl (C=O) groups excluding carboxylic acids is 2. The van der Waals surface area contributed by atoms with Crippen LogP contribution in [0.3, 0.4) is 0 Å². The van der Waals surface area contributed by atoms with Crippen molar-refractivity contribution in [1.29, 1.82) is 0 Å². The third-order valence-corrected chi connectivity index (χ3v) is 5.87. The number of amides is 2. The molecule has 3 fully saturated rings. The molecule has 0 aliphatic carbocycles. The van der Waals surface area contributed by atoms with E-state index in [9.17, 15) is 14.7 Å². The SMILES string of the molecule is COCCNC(=O)CC1CC2OC(CNC3CCN(C(C)=O)CC3)C(O)C2O1. The molecule has 3 saturated heterocycles. The van der Waals surface area contributed by atoms with Gasteiger partial charge in [0.2, 0.25) is 11.8 Å². The lowest BCUT2D eigenvalue weighted by atomic mass is 10.0. The maximum atomic E-state index is 11.9. The molecular formula is C19H33N3O6. The second kappa shape index (κ2) is 9.98. The summed E-state index contributed by atoms with van der Waals surface area (Å²) in [4.78, 5) is 25.2. The molecule has 5 atom stereocenters. The zero-order valence-electron chi connectivity index (χ0n) is 16.8. The maximum absolute atomic E-state index is 11.9. The van der Waals surface area contributed by atoms with Crippen LogP contribution in [0.25, 0.3) is 0 Å². The third kappa shape index (κ3) is 5.42. The predicted molar refractivity (Wildman–Crippen MR) is 101 cm³/mol. The van der Waals surface area contributed by atoms with Crippen LogP contribution in [-0.4, -0.2) is 98.3 Å². The van der Waals surface area contributed by atoms with Gasteiger partial charge in [-0.1, -0.05) is 0 Å². The molecular weight excluding hydrogens is 366 g/mol. The van der Waals surface area contributed by atoms with Gasteiger partial charge in [0.05, 0.1) is 31.3 Å². The molecule has 9 nitrogen and oxygen atoms in total. The Balaban J connectivity index is 1.36. The Bertz CT molecular complexity index is 540. The highest BCUT2D eigenvalue weighted by Gasteiger charge is 2.50. The van der Waals surface area contributed by atoms with Crippen LogP contribution in [0.1, 0.15) is 32.6 Å². The zero-order chi connectivity index (χ0) is 20.1. The lowest BCUT2D eigenvalue weighted by Gasteiger charge is -2.32. The van der Waals surface area contributed by atoms with Gasteiger partial charge in [0, 0.05) is 52.7 Å². The first kappa shape index (κ1) is 21.4. The second-order valence-corrected chi connectivity index (χ2v) is 7.90. The standard InChI is InChI=1S/C19H33N3O6/c1-12(23)22-6-3-13(4-7-22)21-11-16-18(25)19-15(28-16)9-14(27-19)10-17(24)20-5-8-26-2/h13-16,18-19,21,25H,3-11H2,1-2H3,(H,20,24). The van der Waals surface area contributed by atoms with Gasteiger partial charge in [0.25, 0.3) is 0 Å². The summed E-state index contributed by atoms with van der Waals surface area (Å²) in [5.74, 6) is 0.0477. The van der Waals surface area contributed by atoms with Gasteiger partial charge in [-0.3, -0.25) is 9.59 Å². The fourth-order valence-electron chi connectivity index (χ4n) is 4.26. The fraction of sp³-hybridized carbons (Fsp3) is 0.895. The molecule has 0 aromatic heterocycles. The number of methoxy groups -OCH3 is 1. The largest absolute Gasteiger partial charge is 0.388 e. The van der Waals surface area contributed by atoms with E-state index >= 15 is 0 Å². The molecule has 9 heteroatoms. The van der Waals surface area contributed by atoms with Crippen LogP contribution < -0.4 is 10.6 Å². The van der Waals surface area contributed by atoms with Gasteiger partial charge in [-0.2, -0.15) is 0 Å². The van der Waals surface area contributed by atoms with Crippen LogP contribution in [0.15, 0.2) is 0 Å². The molecule has 3 aliphatic heterocycles. The van der Waals surface area contributed by atoms with E-state index in [0.717, 1.165) is 25.9 Å². The van der Waals surface area contributed by atoms with E-state index in [2.05, 4.69) is 10.6 Å². The molecule has 0 aromatic rings. The van der Waals surface area contributed by atoms with Crippen LogP contribution in [-0.2, 0) is 23.8 Å². The first-order chi connectivity index (χ1) is 13.5. The van der Waals surface area contributed by atoms with Crippen LogP contribution >= 0.6 is 0 Å². The highest BCUT2D eigenvalue weighted by Crippen LogP contribution is 2.35. The normalized spacial score (nSPS) is 33.1. The molecule has 0 aromatic carbocycles. The highest BCUT2D eigenvalue weighted by molar-refractivity contribution is 5.76. The van der Waals surface area contributed by atoms with Gasteiger partial charge in [0.1, 0.15) is 12.2 Å². The minimum absolute atomic E-state index is 0.0772. The lowest BCUT2D eigenvalue weighted by molar-refractivity contribution is -0.130. The average Bonchev–Trinajstić information content (AvgIpc) is 3.19. The van der Waals surface area contributed by atoms with Crippen molar-refractivity contribution in [1.82, 2.24) is 15.5 Å². The van der Waals surface area contributed by atoms with Crippen molar-refractivity contribution in [3.05, 3.63) is 0 Å². The van der Waals surface area contributed by atoms with Gasteiger partial charge in [-0.15, -0.1) is 0 Å². The summed E-state index contributed by atoms with van der Waals surface area (Å²) in [5.41, 5.74) is 0. The first-order valence-corrected chi connectivity index (χ1v) is 10.2. The zero-order valence-corrected chi connectivity index (χ0v) is 16.8. The predicted octanol–water partition coefficient (Wildman–Crippen LogP) is -0.975. The molecule has 3 N–H and O–H groups in total. The van der Waals surface area contributed by atoms with E-state index < -0.39 is 6.10 Å². The lowest BCUT2D eigenvalue weighted by Crippen LogP contribution is -2.47. The summed E-state index contributed by atoms with van der Waals surface area (Å²) in [6, 6.07) is 0.330. The Morgan fingerprint density at radius 3 is 2.64 bits per heavy atom. The minimum Gasteiger partial charge on any atom is -0.388 e. The smallest absolute Gasteiger partial charge is 0.222 e. The van der Waals surface area contributed by atoms with Gasteiger partial charge < -0.3 is 34.9 Å². The summed E-state index contributed by atoms with van der Waals surface area (Å²) in [5, 5.41) is 16.8. The van der Waals surface area contributed by atoms with E-state index in [1.807, 2.05) is 4.90 Å². The summed E-state index contributed by atoms with van der Waals surface area (Å²) < 4.78 is 16.8. The molecule has 0 radical (unpaired) electrons. The van der Waals surface area contributed by atoms with Crippen LogP contribution in [0.5, 0.6) is 0 Å². The molecule has 160 valence electrons. The van der Waals surface area contributed by atoms with Gasteiger partial charge >= 0.3 is 0 Å². The first-order valence-electron chi connectivity index (χ1n) is 10.2. The topological polar surface area (TPSA) is 109 Å². The van der Waals surface area contributed by atoms with Crippen LogP contribution in [0.2, 0.25) is 0 Å². The number of likely N-dealkylation sites (tertiary alicyclic amines) is 1. The number of ether oxygens (including phenoxy) is 3. The van der Waals surface area contributed by atoms with Crippen molar-refractivity contribution in [2.75, 3.05) is 39.9 Å². The number of piperidine rings is 1. The Morgan fingerprint density at radius 1 is 1.25 bits per heavy atom.